The molecule has 1 fully saturated rings. The highest BCUT2D eigenvalue weighted by Gasteiger charge is 2.24. The largest absolute Gasteiger partial charge is 0.368 e. The number of carbonyl (C=O) groups excluding carboxylic acids is 2. The van der Waals surface area contributed by atoms with E-state index in [0.29, 0.717) is 17.9 Å². The maximum Gasteiger partial charge on any atom is 0.253 e. The minimum atomic E-state index is -0.411. The maximum atomic E-state index is 13.1. The van der Waals surface area contributed by atoms with Crippen molar-refractivity contribution in [3.8, 4) is 0 Å². The first-order valence-corrected chi connectivity index (χ1v) is 12.0. The maximum absolute atomic E-state index is 13.1. The zero-order chi connectivity index (χ0) is 22.3. The Bertz CT molecular complexity index is 1040. The number of ether oxygens (including phenoxy) is 1. The molecule has 0 spiro atoms. The lowest BCUT2D eigenvalue weighted by Crippen LogP contribution is -2.29. The van der Waals surface area contributed by atoms with E-state index in [1.165, 1.54) is 5.56 Å². The molecular formula is C26H28N2O3S. The minimum Gasteiger partial charge on any atom is -0.368 e. The monoisotopic (exact) mass is 448 g/mol. The molecule has 2 heterocycles. The lowest BCUT2D eigenvalue weighted by atomic mass is 10.0. The summed E-state index contributed by atoms with van der Waals surface area (Å²) in [5.41, 5.74) is 3.43. The quantitative estimate of drug-likeness (QED) is 0.489. The van der Waals surface area contributed by atoms with E-state index >= 15 is 0 Å². The molecule has 5 nitrogen and oxygen atoms in total. The summed E-state index contributed by atoms with van der Waals surface area (Å²) in [7, 11) is 0. The van der Waals surface area contributed by atoms with E-state index in [0.717, 1.165) is 36.1 Å². The molecule has 32 heavy (non-hydrogen) atoms. The number of aryl methyl sites for hydroxylation is 1. The van der Waals surface area contributed by atoms with Gasteiger partial charge in [0.2, 0.25) is 0 Å². The second-order valence-electron chi connectivity index (χ2n) is 7.99. The summed E-state index contributed by atoms with van der Waals surface area (Å²) in [6.45, 7) is 2.78. The van der Waals surface area contributed by atoms with Crippen LogP contribution in [0.25, 0.3) is 0 Å². The number of anilines is 1. The van der Waals surface area contributed by atoms with Gasteiger partial charge in [0.15, 0.2) is 0 Å². The number of benzene rings is 2. The predicted octanol–water partition coefficient (Wildman–Crippen LogP) is 5.34. The SMILES string of the molecule is CCCc1ccc([C@@H](NC(=O)c2cccc(NC(=O)[C@@H]3CCCO3)c2)c2cccs2)cc1. The Morgan fingerprint density at radius 1 is 1.12 bits per heavy atom. The third-order valence-corrected chi connectivity index (χ3v) is 6.51. The molecule has 1 aliphatic rings. The normalized spacial score (nSPS) is 16.5. The van der Waals surface area contributed by atoms with Crippen molar-refractivity contribution in [2.24, 2.45) is 0 Å². The molecular weight excluding hydrogens is 420 g/mol. The summed E-state index contributed by atoms with van der Waals surface area (Å²) in [6.07, 6.45) is 3.35. The van der Waals surface area contributed by atoms with Crippen LogP contribution >= 0.6 is 11.3 Å². The van der Waals surface area contributed by atoms with E-state index in [9.17, 15) is 9.59 Å². The molecule has 1 aromatic heterocycles. The van der Waals surface area contributed by atoms with E-state index < -0.39 is 6.10 Å². The fourth-order valence-electron chi connectivity index (χ4n) is 3.90. The first kappa shape index (κ1) is 22.2. The zero-order valence-electron chi connectivity index (χ0n) is 18.2. The van der Waals surface area contributed by atoms with Crippen LogP contribution in [0, 0.1) is 0 Å². The Morgan fingerprint density at radius 3 is 2.66 bits per heavy atom. The summed E-state index contributed by atoms with van der Waals surface area (Å²) < 4.78 is 5.44. The number of rotatable bonds is 8. The van der Waals surface area contributed by atoms with Gasteiger partial charge in [0.25, 0.3) is 11.8 Å². The summed E-state index contributed by atoms with van der Waals surface area (Å²) in [4.78, 5) is 26.6. The average molecular weight is 449 g/mol. The van der Waals surface area contributed by atoms with E-state index in [1.54, 1.807) is 35.6 Å². The second-order valence-corrected chi connectivity index (χ2v) is 8.96. The van der Waals surface area contributed by atoms with Crippen LogP contribution in [0.4, 0.5) is 5.69 Å². The van der Waals surface area contributed by atoms with Gasteiger partial charge >= 0.3 is 0 Å². The number of nitrogens with one attached hydrogen (secondary N) is 2. The van der Waals surface area contributed by atoms with Gasteiger partial charge in [-0.2, -0.15) is 0 Å². The third-order valence-electron chi connectivity index (χ3n) is 5.57. The number of hydrogen-bond acceptors (Lipinski definition) is 4. The van der Waals surface area contributed by atoms with Crippen molar-refractivity contribution in [2.45, 2.75) is 44.8 Å². The molecule has 1 saturated heterocycles. The summed E-state index contributed by atoms with van der Waals surface area (Å²) in [5, 5.41) is 8.06. The van der Waals surface area contributed by atoms with Gasteiger partial charge in [-0.05, 0) is 60.0 Å². The number of carbonyl (C=O) groups is 2. The summed E-state index contributed by atoms with van der Waals surface area (Å²) in [5.74, 6) is -0.349. The Labute approximate surface area is 192 Å². The summed E-state index contributed by atoms with van der Waals surface area (Å²) in [6, 6.07) is 19.3. The van der Waals surface area contributed by atoms with Crippen molar-refractivity contribution in [3.63, 3.8) is 0 Å². The van der Waals surface area contributed by atoms with Crippen LogP contribution in [-0.2, 0) is 16.0 Å². The number of amides is 2. The molecule has 2 amide bonds. The van der Waals surface area contributed by atoms with Gasteiger partial charge in [-0.3, -0.25) is 9.59 Å². The average Bonchev–Trinajstić information content (AvgIpc) is 3.53. The van der Waals surface area contributed by atoms with Gasteiger partial charge in [-0.1, -0.05) is 49.7 Å². The van der Waals surface area contributed by atoms with Gasteiger partial charge in [0, 0.05) is 22.7 Å². The number of thiophene rings is 1. The van der Waals surface area contributed by atoms with Gasteiger partial charge in [-0.15, -0.1) is 11.3 Å². The Morgan fingerprint density at radius 2 is 1.97 bits per heavy atom. The first-order valence-electron chi connectivity index (χ1n) is 11.1. The highest BCUT2D eigenvalue weighted by Crippen LogP contribution is 2.27. The van der Waals surface area contributed by atoms with E-state index in [2.05, 4.69) is 41.8 Å². The molecule has 1 aliphatic heterocycles. The van der Waals surface area contributed by atoms with Crippen LogP contribution in [-0.4, -0.2) is 24.5 Å². The smallest absolute Gasteiger partial charge is 0.253 e. The molecule has 166 valence electrons. The molecule has 0 saturated carbocycles. The lowest BCUT2D eigenvalue weighted by Gasteiger charge is -2.19. The standard InChI is InChI=1S/C26H28N2O3S/c1-2-6-18-11-13-19(14-12-18)24(23-10-5-16-32-23)28-25(29)20-7-3-8-21(17-20)27-26(30)22-9-4-15-31-22/h3,5,7-8,10-14,16-17,22,24H,2,4,6,9,15H2,1H3,(H,27,30)(H,28,29)/t22-,24+/m0/s1. The van der Waals surface area contributed by atoms with Crippen LogP contribution < -0.4 is 10.6 Å². The van der Waals surface area contributed by atoms with Crippen molar-refractivity contribution < 1.29 is 14.3 Å². The zero-order valence-corrected chi connectivity index (χ0v) is 19.0. The highest BCUT2D eigenvalue weighted by atomic mass is 32.1. The molecule has 6 heteroatoms. The Kier molecular flexibility index (Phi) is 7.35. The van der Waals surface area contributed by atoms with Crippen LogP contribution in [0.1, 0.15) is 58.6 Å². The lowest BCUT2D eigenvalue weighted by molar-refractivity contribution is -0.124. The van der Waals surface area contributed by atoms with Crippen molar-refractivity contribution in [3.05, 3.63) is 87.6 Å². The fraction of sp³-hybridized carbons (Fsp3) is 0.308. The molecule has 2 aromatic carbocycles. The highest BCUT2D eigenvalue weighted by molar-refractivity contribution is 7.10. The first-order chi connectivity index (χ1) is 15.6. The summed E-state index contributed by atoms with van der Waals surface area (Å²) >= 11 is 1.62. The second kappa shape index (κ2) is 10.6. The minimum absolute atomic E-state index is 0.163. The molecule has 3 aromatic rings. The van der Waals surface area contributed by atoms with Crippen molar-refractivity contribution >= 4 is 28.8 Å². The molecule has 4 rings (SSSR count). The van der Waals surface area contributed by atoms with Crippen molar-refractivity contribution in [1.82, 2.24) is 5.32 Å². The number of hydrogen-bond donors (Lipinski definition) is 2. The van der Waals surface area contributed by atoms with Crippen LogP contribution in [0.3, 0.4) is 0 Å². The molecule has 2 N–H and O–H groups in total. The predicted molar refractivity (Wildman–Crippen MR) is 128 cm³/mol. The Balaban J connectivity index is 1.50. The molecule has 0 radical (unpaired) electrons. The van der Waals surface area contributed by atoms with Crippen LogP contribution in [0.2, 0.25) is 0 Å². The molecule has 0 unspecified atom stereocenters. The van der Waals surface area contributed by atoms with E-state index in [-0.39, 0.29) is 17.9 Å². The topological polar surface area (TPSA) is 67.4 Å². The third kappa shape index (κ3) is 5.44. The van der Waals surface area contributed by atoms with Crippen LogP contribution in [0.15, 0.2) is 66.0 Å². The van der Waals surface area contributed by atoms with Crippen molar-refractivity contribution in [2.75, 3.05) is 11.9 Å². The van der Waals surface area contributed by atoms with Gasteiger partial charge < -0.3 is 15.4 Å². The fourth-order valence-corrected chi connectivity index (χ4v) is 4.70. The van der Waals surface area contributed by atoms with E-state index in [1.807, 2.05) is 17.5 Å². The van der Waals surface area contributed by atoms with Crippen molar-refractivity contribution in [1.29, 1.82) is 0 Å². The Hall–Kier alpha value is -2.96. The molecule has 0 bridgehead atoms. The van der Waals surface area contributed by atoms with E-state index in [4.69, 9.17) is 4.74 Å². The van der Waals surface area contributed by atoms with Gasteiger partial charge in [-0.25, -0.2) is 0 Å². The van der Waals surface area contributed by atoms with Crippen LogP contribution in [0.5, 0.6) is 0 Å². The van der Waals surface area contributed by atoms with Gasteiger partial charge in [0.05, 0.1) is 6.04 Å². The molecule has 0 aliphatic carbocycles. The molecule has 2 atom stereocenters. The van der Waals surface area contributed by atoms with Gasteiger partial charge in [0.1, 0.15) is 6.10 Å².